The second-order valence-corrected chi connectivity index (χ2v) is 15.5. The minimum absolute atomic E-state index is 0.00183. The van der Waals surface area contributed by atoms with Crippen LogP contribution in [0, 0.1) is 52.3 Å². The predicted octanol–water partition coefficient (Wildman–Crippen LogP) is 12.5. The fourth-order valence-electron chi connectivity index (χ4n) is 8.34. The van der Waals surface area contributed by atoms with Gasteiger partial charge in [0.15, 0.2) is 10.8 Å². The van der Waals surface area contributed by atoms with Crippen molar-refractivity contribution >= 4 is 5.97 Å². The quantitative estimate of drug-likeness (QED) is 0.205. The second kappa shape index (κ2) is 15.2. The first kappa shape index (κ1) is 50.1. The van der Waals surface area contributed by atoms with Gasteiger partial charge in [0.05, 0.1) is 0 Å². The third-order valence-corrected chi connectivity index (χ3v) is 12.7. The minimum Gasteiger partial charge on any atom is -0.438 e. The van der Waals surface area contributed by atoms with E-state index in [1.165, 1.54) is 0 Å². The van der Waals surface area contributed by atoms with Crippen LogP contribution in [0.4, 0.5) is 92.2 Å². The van der Waals surface area contributed by atoms with Crippen LogP contribution in [0.3, 0.4) is 0 Å². The number of hydrogen-bond acceptors (Lipinski definition) is 3. The zero-order valence-electron chi connectivity index (χ0n) is 29.9. The van der Waals surface area contributed by atoms with E-state index >= 15 is 0 Å². The van der Waals surface area contributed by atoms with E-state index < -0.39 is 128 Å². The summed E-state index contributed by atoms with van der Waals surface area (Å²) in [6.07, 6.45) is -49.9. The molecule has 0 spiro atoms. The SMILES string of the molecule is CC1C2CC(CC(O)(C(F)(F)F)C(F)(F)F)C(C2)C1C.CCC(C)(C(=O)OC(C1CCC(C(C)(C(F)(F)F)C(F)(F)F)CC1)(C(F)(F)F)C(F)(F)F)C(F)(F)F. The number of aliphatic hydroxyl groups is 1. The Balaban J connectivity index is 0.000000453. The molecule has 6 atom stereocenters. The molecule has 0 heterocycles. The number of carbonyl (C=O) groups excluding carboxylic acids is 1. The Morgan fingerprint density at radius 3 is 1.25 bits per heavy atom. The van der Waals surface area contributed by atoms with Gasteiger partial charge >= 0.3 is 54.8 Å². The topological polar surface area (TPSA) is 46.5 Å². The molecule has 56 heavy (non-hydrogen) atoms. The first-order valence-electron chi connectivity index (χ1n) is 17.0. The number of halogens is 21. The molecule has 24 heteroatoms. The summed E-state index contributed by atoms with van der Waals surface area (Å²) in [4.78, 5) is 12.1. The van der Waals surface area contributed by atoms with Crippen LogP contribution in [0.25, 0.3) is 0 Å². The van der Waals surface area contributed by atoms with E-state index in [-0.39, 0.29) is 31.6 Å². The van der Waals surface area contributed by atoms with E-state index in [0.717, 1.165) is 0 Å². The van der Waals surface area contributed by atoms with E-state index in [1.807, 2.05) is 13.8 Å². The van der Waals surface area contributed by atoms with Crippen molar-refractivity contribution in [1.82, 2.24) is 0 Å². The predicted molar refractivity (Wildman–Crippen MR) is 151 cm³/mol. The third-order valence-electron chi connectivity index (χ3n) is 12.7. The van der Waals surface area contributed by atoms with Gasteiger partial charge in [0.1, 0.15) is 0 Å². The van der Waals surface area contributed by atoms with Crippen LogP contribution in [0.5, 0.6) is 0 Å². The lowest BCUT2D eigenvalue weighted by molar-refractivity contribution is -0.395. The summed E-state index contributed by atoms with van der Waals surface area (Å²) >= 11 is 0. The maximum atomic E-state index is 13.9. The molecule has 3 aliphatic rings. The fourth-order valence-corrected chi connectivity index (χ4v) is 8.34. The Kier molecular flexibility index (Phi) is 13.6. The highest BCUT2D eigenvalue weighted by Gasteiger charge is 2.79. The highest BCUT2D eigenvalue weighted by molar-refractivity contribution is 5.78. The first-order chi connectivity index (χ1) is 24.5. The molecule has 3 fully saturated rings. The molecule has 0 saturated heterocycles. The van der Waals surface area contributed by atoms with E-state index in [2.05, 4.69) is 4.74 Å². The number of hydrogen-bond donors (Lipinski definition) is 1. The van der Waals surface area contributed by atoms with Crippen LogP contribution < -0.4 is 0 Å². The van der Waals surface area contributed by atoms with Gasteiger partial charge in [0, 0.05) is 5.92 Å². The van der Waals surface area contributed by atoms with Crippen LogP contribution in [0.15, 0.2) is 0 Å². The highest BCUT2D eigenvalue weighted by Crippen LogP contribution is 2.63. The number of esters is 1. The van der Waals surface area contributed by atoms with Crippen LogP contribution in [0.2, 0.25) is 0 Å². The summed E-state index contributed by atoms with van der Waals surface area (Å²) in [7, 11) is 0. The number of carbonyl (C=O) groups is 1. The summed E-state index contributed by atoms with van der Waals surface area (Å²) in [6, 6.07) is 0. The Hall–Kier alpha value is -2.04. The zero-order chi connectivity index (χ0) is 44.5. The molecule has 0 radical (unpaired) electrons. The van der Waals surface area contributed by atoms with Gasteiger partial charge in [-0.25, -0.2) is 0 Å². The molecule has 3 rings (SSSR count). The van der Waals surface area contributed by atoms with Crippen molar-refractivity contribution < 1.29 is 107 Å². The van der Waals surface area contributed by atoms with Gasteiger partial charge < -0.3 is 9.84 Å². The molecule has 1 N–H and O–H groups in total. The van der Waals surface area contributed by atoms with Crippen LogP contribution >= 0.6 is 0 Å². The van der Waals surface area contributed by atoms with Crippen molar-refractivity contribution in [3.63, 3.8) is 0 Å². The maximum Gasteiger partial charge on any atom is 0.437 e. The first-order valence-corrected chi connectivity index (χ1v) is 17.0. The molecule has 6 unspecified atom stereocenters. The van der Waals surface area contributed by atoms with Gasteiger partial charge in [0.25, 0.3) is 5.60 Å². The smallest absolute Gasteiger partial charge is 0.437 e. The van der Waals surface area contributed by atoms with E-state index in [0.29, 0.717) is 25.7 Å². The molecule has 0 amide bonds. The van der Waals surface area contributed by atoms with Crippen molar-refractivity contribution in [1.29, 1.82) is 0 Å². The average Bonchev–Trinajstić information content (AvgIpc) is 3.52. The van der Waals surface area contributed by atoms with E-state index in [4.69, 9.17) is 0 Å². The summed E-state index contributed by atoms with van der Waals surface area (Å²) in [5, 5.41) is 9.28. The standard InChI is InChI=1S/C19H21F15O2.C13H18F6O/c1-4-12(2,15(20,21)22)11(35)36-14(18(29,30)31,19(32,33)34)10-7-5-9(6-8-10)13(3,16(23,24)25)17(26,27)28;1-6-7(2)10-4-8(6)3-9(10)5-11(20,12(14,15)16)13(17,18)19/h9-10H,4-8H2,1-3H3;6-10,20H,3-5H2,1-2H3. The molecule has 0 aliphatic heterocycles. The van der Waals surface area contributed by atoms with Crippen LogP contribution in [0.1, 0.15) is 86.0 Å². The second-order valence-electron chi connectivity index (χ2n) is 15.5. The van der Waals surface area contributed by atoms with Crippen molar-refractivity contribution in [3.8, 4) is 0 Å². The largest absolute Gasteiger partial charge is 0.438 e. The number of ether oxygens (including phenoxy) is 1. The lowest BCUT2D eigenvalue weighted by Gasteiger charge is -2.48. The van der Waals surface area contributed by atoms with Gasteiger partial charge in [-0.05, 0) is 101 Å². The van der Waals surface area contributed by atoms with E-state index in [9.17, 15) is 102 Å². The third kappa shape index (κ3) is 8.50. The summed E-state index contributed by atoms with van der Waals surface area (Å²) < 4.78 is 283. The van der Waals surface area contributed by atoms with Crippen LogP contribution in [-0.4, -0.2) is 65.5 Å². The molecule has 2 bridgehead atoms. The minimum atomic E-state index is -6.62. The molecule has 3 aliphatic carbocycles. The van der Waals surface area contributed by atoms with E-state index in [1.54, 1.807) is 0 Å². The normalized spacial score (nSPS) is 28.7. The van der Waals surface area contributed by atoms with Crippen molar-refractivity contribution in [2.24, 2.45) is 52.3 Å². The number of fused-ring (bicyclic) bond motifs is 2. The van der Waals surface area contributed by atoms with Gasteiger partial charge in [-0.15, -0.1) is 0 Å². The lowest BCUT2D eigenvalue weighted by Crippen LogP contribution is -2.66. The fraction of sp³-hybridized carbons (Fsp3) is 0.969. The lowest BCUT2D eigenvalue weighted by atomic mass is 9.63. The van der Waals surface area contributed by atoms with Crippen molar-refractivity contribution in [2.75, 3.05) is 0 Å². The van der Waals surface area contributed by atoms with Gasteiger partial charge in [-0.3, -0.25) is 4.79 Å². The average molecular weight is 871 g/mol. The Morgan fingerprint density at radius 1 is 0.571 bits per heavy atom. The highest BCUT2D eigenvalue weighted by atomic mass is 19.4. The van der Waals surface area contributed by atoms with Crippen molar-refractivity contribution in [2.45, 2.75) is 140 Å². The molecule has 0 aromatic rings. The number of alkyl halides is 21. The number of rotatable bonds is 7. The molecule has 0 aromatic carbocycles. The monoisotopic (exact) mass is 870 g/mol. The molecule has 3 nitrogen and oxygen atoms in total. The Labute approximate surface area is 306 Å². The Morgan fingerprint density at radius 2 is 0.964 bits per heavy atom. The van der Waals surface area contributed by atoms with Gasteiger partial charge in [0.2, 0.25) is 0 Å². The van der Waals surface area contributed by atoms with Gasteiger partial charge in [-0.2, -0.15) is 92.2 Å². The molecular weight excluding hydrogens is 831 g/mol. The summed E-state index contributed by atoms with van der Waals surface area (Å²) in [5.74, 6) is -8.66. The van der Waals surface area contributed by atoms with Crippen LogP contribution in [-0.2, 0) is 9.53 Å². The zero-order valence-corrected chi connectivity index (χ0v) is 29.9. The van der Waals surface area contributed by atoms with Gasteiger partial charge in [-0.1, -0.05) is 20.8 Å². The molecular formula is C32H39F21O3. The molecule has 3 saturated carbocycles. The molecule has 0 aromatic heterocycles. The summed E-state index contributed by atoms with van der Waals surface area (Å²) in [5.41, 5.74) is -18.5. The van der Waals surface area contributed by atoms with Crippen molar-refractivity contribution in [3.05, 3.63) is 0 Å². The maximum absolute atomic E-state index is 13.9. The Bertz CT molecular complexity index is 1300. The molecule has 332 valence electrons. The summed E-state index contributed by atoms with van der Waals surface area (Å²) in [6.45, 7) is 4.22.